The second-order valence-electron chi connectivity index (χ2n) is 10.7. The molecule has 3 rings (SSSR count). The Hall–Kier alpha value is -2.58. The normalized spacial score (nSPS) is 12.9. The van der Waals surface area contributed by atoms with Crippen LogP contribution in [-0.2, 0) is 19.4 Å². The van der Waals surface area contributed by atoms with E-state index >= 15 is 0 Å². The largest absolute Gasteiger partial charge is 0.490 e. The van der Waals surface area contributed by atoms with Crippen molar-refractivity contribution in [2.75, 3.05) is 0 Å². The van der Waals surface area contributed by atoms with Crippen LogP contribution in [0.1, 0.15) is 84.4 Å². The Morgan fingerprint density at radius 1 is 0.639 bits per heavy atom. The highest BCUT2D eigenvalue weighted by Crippen LogP contribution is 2.26. The predicted octanol–water partition coefficient (Wildman–Crippen LogP) is 8.62. The predicted molar refractivity (Wildman–Crippen MR) is 153 cm³/mol. The van der Waals surface area contributed by atoms with Crippen LogP contribution in [0, 0.1) is 33.6 Å². The summed E-state index contributed by atoms with van der Waals surface area (Å²) >= 11 is 0. The fourth-order valence-corrected chi connectivity index (χ4v) is 4.98. The van der Waals surface area contributed by atoms with E-state index in [0.717, 1.165) is 30.6 Å². The number of aryl methyl sites for hydroxylation is 4. The van der Waals surface area contributed by atoms with Crippen LogP contribution < -0.4 is 4.74 Å². The van der Waals surface area contributed by atoms with E-state index in [4.69, 9.17) is 4.74 Å². The number of ether oxygens (including phenoxy) is 1. The second kappa shape index (κ2) is 14.2. The lowest BCUT2D eigenvalue weighted by molar-refractivity contribution is 0.178. The first-order valence-corrected chi connectivity index (χ1v) is 13.9. The molecule has 0 aliphatic heterocycles. The van der Waals surface area contributed by atoms with Gasteiger partial charge < -0.3 is 9.84 Å². The van der Waals surface area contributed by atoms with Crippen molar-refractivity contribution in [1.82, 2.24) is 0 Å². The smallest absolute Gasteiger partial charge is 0.119 e. The lowest BCUT2D eigenvalue weighted by atomic mass is 9.87. The first-order valence-electron chi connectivity index (χ1n) is 13.9. The quantitative estimate of drug-likeness (QED) is 0.231. The van der Waals surface area contributed by atoms with Crippen LogP contribution in [0.3, 0.4) is 0 Å². The van der Waals surface area contributed by atoms with E-state index in [-0.39, 0.29) is 12.7 Å². The van der Waals surface area contributed by atoms with Gasteiger partial charge in [0.2, 0.25) is 0 Å². The van der Waals surface area contributed by atoms with Gasteiger partial charge in [-0.25, -0.2) is 0 Å². The van der Waals surface area contributed by atoms with Gasteiger partial charge in [0.05, 0.1) is 6.61 Å². The van der Waals surface area contributed by atoms with Crippen molar-refractivity contribution >= 4 is 0 Å². The van der Waals surface area contributed by atoms with E-state index in [1.54, 1.807) is 0 Å². The van der Waals surface area contributed by atoms with Gasteiger partial charge >= 0.3 is 0 Å². The van der Waals surface area contributed by atoms with E-state index in [1.165, 1.54) is 65.5 Å². The van der Waals surface area contributed by atoms with E-state index in [2.05, 4.69) is 71.0 Å². The standard InChI is InChI=1S/C34H46O2/c1-6-7-8-9-29(22-31-12-10-25(2)27(4)20-31)14-19-34(23-32-13-11-26(3)28(5)21-32)36-33-17-15-30(24-35)16-18-33/h10-13,15-18,20-21,29,34-35H,6-9,14,19,22-24H2,1-5H3. The van der Waals surface area contributed by atoms with Crippen molar-refractivity contribution in [3.63, 3.8) is 0 Å². The molecule has 0 saturated carbocycles. The Bertz CT molecular complexity index is 1070. The van der Waals surface area contributed by atoms with Crippen LogP contribution in [0.5, 0.6) is 5.75 Å². The SMILES string of the molecule is CCCCCC(CCC(Cc1ccc(C)c(C)c1)Oc1ccc(CO)cc1)Cc1ccc(C)c(C)c1. The molecule has 1 N–H and O–H groups in total. The zero-order valence-electron chi connectivity index (χ0n) is 23.1. The summed E-state index contributed by atoms with van der Waals surface area (Å²) in [5.74, 6) is 1.55. The third-order valence-electron chi connectivity index (χ3n) is 7.65. The van der Waals surface area contributed by atoms with Crippen LogP contribution in [-0.4, -0.2) is 11.2 Å². The molecule has 0 aliphatic rings. The van der Waals surface area contributed by atoms with E-state index in [9.17, 15) is 5.11 Å². The zero-order chi connectivity index (χ0) is 25.9. The van der Waals surface area contributed by atoms with Gasteiger partial charge in [-0.1, -0.05) is 81.1 Å². The number of benzene rings is 3. The lowest BCUT2D eigenvalue weighted by Crippen LogP contribution is -2.22. The van der Waals surface area contributed by atoms with Crippen LogP contribution in [0.15, 0.2) is 60.7 Å². The third-order valence-corrected chi connectivity index (χ3v) is 7.65. The second-order valence-corrected chi connectivity index (χ2v) is 10.7. The molecular weight excluding hydrogens is 440 g/mol. The molecule has 0 saturated heterocycles. The van der Waals surface area contributed by atoms with E-state index < -0.39 is 0 Å². The molecule has 0 aliphatic carbocycles. The fourth-order valence-electron chi connectivity index (χ4n) is 4.98. The topological polar surface area (TPSA) is 29.5 Å². The number of aliphatic hydroxyl groups excluding tert-OH is 1. The lowest BCUT2D eigenvalue weighted by Gasteiger charge is -2.24. The van der Waals surface area contributed by atoms with Gasteiger partial charge in [0.15, 0.2) is 0 Å². The summed E-state index contributed by atoms with van der Waals surface area (Å²) in [7, 11) is 0. The summed E-state index contributed by atoms with van der Waals surface area (Å²) in [4.78, 5) is 0. The third kappa shape index (κ3) is 8.82. The highest BCUT2D eigenvalue weighted by atomic mass is 16.5. The van der Waals surface area contributed by atoms with E-state index in [0.29, 0.717) is 5.92 Å². The van der Waals surface area contributed by atoms with Gasteiger partial charge in [-0.15, -0.1) is 0 Å². The van der Waals surface area contributed by atoms with E-state index in [1.807, 2.05) is 24.3 Å². The van der Waals surface area contributed by atoms with Crippen molar-refractivity contribution < 1.29 is 9.84 Å². The minimum absolute atomic E-state index is 0.0598. The highest BCUT2D eigenvalue weighted by Gasteiger charge is 2.17. The molecule has 2 atom stereocenters. The summed E-state index contributed by atoms with van der Waals surface area (Å²) in [5.41, 5.74) is 9.15. The number of rotatable bonds is 14. The summed E-state index contributed by atoms with van der Waals surface area (Å²) in [5, 5.41) is 9.40. The first-order chi connectivity index (χ1) is 17.4. The maximum atomic E-state index is 9.40. The molecule has 0 fully saturated rings. The Balaban J connectivity index is 1.74. The average Bonchev–Trinajstić information content (AvgIpc) is 2.87. The van der Waals surface area contributed by atoms with Crippen LogP contribution >= 0.6 is 0 Å². The maximum Gasteiger partial charge on any atom is 0.119 e. The summed E-state index contributed by atoms with van der Waals surface area (Å²) in [6.45, 7) is 11.1. The van der Waals surface area contributed by atoms with Gasteiger partial charge in [-0.2, -0.15) is 0 Å². The molecule has 3 aromatic rings. The van der Waals surface area contributed by atoms with Gasteiger partial charge in [0.1, 0.15) is 11.9 Å². The Morgan fingerprint density at radius 3 is 1.78 bits per heavy atom. The molecule has 36 heavy (non-hydrogen) atoms. The van der Waals surface area contributed by atoms with Gasteiger partial charge in [-0.3, -0.25) is 0 Å². The number of unbranched alkanes of at least 4 members (excludes halogenated alkanes) is 2. The van der Waals surface area contributed by atoms with Crippen molar-refractivity contribution in [2.24, 2.45) is 5.92 Å². The minimum Gasteiger partial charge on any atom is -0.490 e. The molecule has 194 valence electrons. The number of hydrogen-bond donors (Lipinski definition) is 1. The molecule has 0 spiro atoms. The monoisotopic (exact) mass is 486 g/mol. The molecule has 0 amide bonds. The molecule has 0 aromatic heterocycles. The molecule has 3 aromatic carbocycles. The Labute approximate surface area is 219 Å². The fraction of sp³-hybridized carbons (Fsp3) is 0.471. The van der Waals surface area contributed by atoms with Crippen LogP contribution in [0.2, 0.25) is 0 Å². The van der Waals surface area contributed by atoms with Gasteiger partial charge in [0, 0.05) is 6.42 Å². The molecule has 0 radical (unpaired) electrons. The van der Waals surface area contributed by atoms with Crippen molar-refractivity contribution in [3.05, 3.63) is 99.6 Å². The van der Waals surface area contributed by atoms with Crippen LogP contribution in [0.4, 0.5) is 0 Å². The Morgan fingerprint density at radius 2 is 1.22 bits per heavy atom. The molecule has 0 heterocycles. The summed E-state index contributed by atoms with van der Waals surface area (Å²) < 4.78 is 6.57. The van der Waals surface area contributed by atoms with Crippen LogP contribution in [0.25, 0.3) is 0 Å². The molecule has 2 nitrogen and oxygen atoms in total. The van der Waals surface area contributed by atoms with Crippen molar-refractivity contribution in [2.45, 2.75) is 98.7 Å². The Kier molecular flexibility index (Phi) is 11.1. The molecule has 0 bridgehead atoms. The average molecular weight is 487 g/mol. The van der Waals surface area contributed by atoms with Crippen molar-refractivity contribution in [3.8, 4) is 5.75 Å². The van der Waals surface area contributed by atoms with Crippen molar-refractivity contribution in [1.29, 1.82) is 0 Å². The zero-order valence-corrected chi connectivity index (χ0v) is 23.1. The van der Waals surface area contributed by atoms with Gasteiger partial charge in [0.25, 0.3) is 0 Å². The molecular formula is C34H46O2. The molecule has 2 heteroatoms. The number of hydrogen-bond acceptors (Lipinski definition) is 2. The van der Waals surface area contributed by atoms with Gasteiger partial charge in [-0.05, 0) is 104 Å². The first kappa shape index (κ1) is 28.0. The highest BCUT2D eigenvalue weighted by molar-refractivity contribution is 5.32. The molecule has 2 unspecified atom stereocenters. The summed E-state index contributed by atoms with van der Waals surface area (Å²) in [6, 6.07) is 21.7. The number of aliphatic hydroxyl groups is 1. The minimum atomic E-state index is 0.0598. The summed E-state index contributed by atoms with van der Waals surface area (Å²) in [6.07, 6.45) is 9.54. The maximum absolute atomic E-state index is 9.40.